The lowest BCUT2D eigenvalue weighted by molar-refractivity contribution is -0.129. The minimum absolute atomic E-state index is 0.229. The van der Waals surface area contributed by atoms with Crippen LogP contribution in [0.2, 0.25) is 0 Å². The Labute approximate surface area is 165 Å². The number of nitrogens with zero attached hydrogens (tertiary/aromatic N) is 3. The summed E-state index contributed by atoms with van der Waals surface area (Å²) in [5, 5.41) is 9.12. The van der Waals surface area contributed by atoms with Gasteiger partial charge in [0.2, 0.25) is 5.91 Å². The van der Waals surface area contributed by atoms with Crippen molar-refractivity contribution in [3.05, 3.63) is 22.4 Å². The molecule has 1 aromatic rings. The Morgan fingerprint density at radius 3 is 2.89 bits per heavy atom. The summed E-state index contributed by atoms with van der Waals surface area (Å²) in [4.78, 5) is 22.0. The highest BCUT2D eigenvalue weighted by molar-refractivity contribution is 7.10. The quantitative estimate of drug-likeness (QED) is 0.563. The number of hydrogen-bond donors (Lipinski definition) is 2. The molecule has 2 N–H and O–H groups in total. The van der Waals surface area contributed by atoms with Gasteiger partial charge in [0.1, 0.15) is 0 Å². The van der Waals surface area contributed by atoms with Gasteiger partial charge in [0.25, 0.3) is 0 Å². The SMILES string of the molecule is CCC(=O)N1CCC(NC(=NC)NCC(c2cccs2)N2CCOCC2)C1. The van der Waals surface area contributed by atoms with Gasteiger partial charge in [0.05, 0.1) is 19.3 Å². The lowest BCUT2D eigenvalue weighted by Gasteiger charge is -2.34. The molecule has 150 valence electrons. The zero-order chi connectivity index (χ0) is 19.1. The molecule has 7 nitrogen and oxygen atoms in total. The van der Waals surface area contributed by atoms with E-state index < -0.39 is 0 Å². The molecule has 2 aliphatic rings. The highest BCUT2D eigenvalue weighted by atomic mass is 32.1. The largest absolute Gasteiger partial charge is 0.379 e. The van der Waals surface area contributed by atoms with Crippen molar-refractivity contribution in [1.82, 2.24) is 20.4 Å². The summed E-state index contributed by atoms with van der Waals surface area (Å²) in [6, 6.07) is 4.89. The fourth-order valence-electron chi connectivity index (χ4n) is 3.69. The first-order chi connectivity index (χ1) is 13.2. The zero-order valence-corrected chi connectivity index (χ0v) is 17.1. The predicted molar refractivity (Wildman–Crippen MR) is 109 cm³/mol. The highest BCUT2D eigenvalue weighted by Crippen LogP contribution is 2.25. The molecule has 27 heavy (non-hydrogen) atoms. The molecule has 1 amide bonds. The average molecular weight is 394 g/mol. The fraction of sp³-hybridized carbons (Fsp3) is 0.684. The number of thiophene rings is 1. The van der Waals surface area contributed by atoms with Gasteiger partial charge < -0.3 is 20.3 Å². The number of rotatable bonds is 6. The maximum atomic E-state index is 11.9. The van der Waals surface area contributed by atoms with Crippen LogP contribution in [0.4, 0.5) is 0 Å². The summed E-state index contributed by atoms with van der Waals surface area (Å²) in [6.07, 6.45) is 1.53. The van der Waals surface area contributed by atoms with Crippen molar-refractivity contribution in [2.24, 2.45) is 4.99 Å². The van der Waals surface area contributed by atoms with E-state index in [1.807, 2.05) is 11.8 Å². The molecule has 0 saturated carbocycles. The number of nitrogens with one attached hydrogen (secondary N) is 2. The number of carbonyl (C=O) groups is 1. The molecule has 0 radical (unpaired) electrons. The van der Waals surface area contributed by atoms with Crippen LogP contribution >= 0.6 is 11.3 Å². The maximum Gasteiger partial charge on any atom is 0.222 e. The average Bonchev–Trinajstić information content (AvgIpc) is 3.40. The molecule has 0 bridgehead atoms. The van der Waals surface area contributed by atoms with E-state index in [1.54, 1.807) is 18.4 Å². The van der Waals surface area contributed by atoms with Gasteiger partial charge in [-0.3, -0.25) is 14.7 Å². The molecular formula is C19H31N5O2S. The lowest BCUT2D eigenvalue weighted by atomic mass is 10.2. The van der Waals surface area contributed by atoms with Crippen molar-refractivity contribution in [2.75, 3.05) is 53.0 Å². The molecule has 2 aliphatic heterocycles. The molecule has 2 fully saturated rings. The standard InChI is InChI=1S/C19H31N5O2S/c1-3-18(25)24-7-6-15(14-24)22-19(20-2)21-13-16(17-5-4-12-27-17)23-8-10-26-11-9-23/h4-5,12,15-16H,3,6-11,13-14H2,1-2H3,(H2,20,21,22). The molecule has 1 aromatic heterocycles. The van der Waals surface area contributed by atoms with Crippen molar-refractivity contribution >= 4 is 23.2 Å². The van der Waals surface area contributed by atoms with Gasteiger partial charge in [-0.25, -0.2) is 0 Å². The minimum atomic E-state index is 0.229. The topological polar surface area (TPSA) is 69.2 Å². The Balaban J connectivity index is 1.54. The van der Waals surface area contributed by atoms with Crippen LogP contribution in [0, 0.1) is 0 Å². The van der Waals surface area contributed by atoms with Crippen LogP contribution in [0.25, 0.3) is 0 Å². The van der Waals surface area contributed by atoms with E-state index >= 15 is 0 Å². The van der Waals surface area contributed by atoms with E-state index in [2.05, 4.69) is 38.0 Å². The second-order valence-electron chi connectivity index (χ2n) is 6.96. The number of likely N-dealkylation sites (tertiary alicyclic amines) is 1. The van der Waals surface area contributed by atoms with Gasteiger partial charge >= 0.3 is 0 Å². The molecule has 8 heteroatoms. The van der Waals surface area contributed by atoms with Gasteiger partial charge in [-0.05, 0) is 17.9 Å². The summed E-state index contributed by atoms with van der Waals surface area (Å²) in [5.74, 6) is 1.04. The molecule has 3 heterocycles. The smallest absolute Gasteiger partial charge is 0.222 e. The van der Waals surface area contributed by atoms with E-state index in [0.29, 0.717) is 12.5 Å². The second kappa shape index (κ2) is 10.1. The van der Waals surface area contributed by atoms with Crippen LogP contribution < -0.4 is 10.6 Å². The monoisotopic (exact) mass is 393 g/mol. The molecule has 0 aliphatic carbocycles. The Morgan fingerprint density at radius 2 is 2.22 bits per heavy atom. The third-order valence-electron chi connectivity index (χ3n) is 5.23. The van der Waals surface area contributed by atoms with E-state index in [4.69, 9.17) is 4.74 Å². The summed E-state index contributed by atoms with van der Waals surface area (Å²) >= 11 is 1.80. The zero-order valence-electron chi connectivity index (χ0n) is 16.3. The normalized spacial score (nSPS) is 22.7. The summed E-state index contributed by atoms with van der Waals surface area (Å²) < 4.78 is 5.51. The Morgan fingerprint density at radius 1 is 1.41 bits per heavy atom. The van der Waals surface area contributed by atoms with Gasteiger partial charge in [-0.2, -0.15) is 0 Å². The number of guanidine groups is 1. The van der Waals surface area contributed by atoms with E-state index in [1.165, 1.54) is 4.88 Å². The Bertz CT molecular complexity index is 616. The highest BCUT2D eigenvalue weighted by Gasteiger charge is 2.27. The van der Waals surface area contributed by atoms with Gasteiger partial charge in [0.15, 0.2) is 5.96 Å². The molecule has 0 spiro atoms. The van der Waals surface area contributed by atoms with Crippen LogP contribution in [-0.2, 0) is 9.53 Å². The molecule has 2 saturated heterocycles. The van der Waals surface area contributed by atoms with Crippen LogP contribution in [0.15, 0.2) is 22.5 Å². The lowest BCUT2D eigenvalue weighted by Crippen LogP contribution is -2.48. The molecule has 0 aromatic carbocycles. The van der Waals surface area contributed by atoms with E-state index in [-0.39, 0.29) is 11.9 Å². The third kappa shape index (κ3) is 5.43. The summed E-state index contributed by atoms with van der Waals surface area (Å²) in [7, 11) is 1.80. The van der Waals surface area contributed by atoms with Crippen LogP contribution in [0.1, 0.15) is 30.7 Å². The summed E-state index contributed by atoms with van der Waals surface area (Å²) in [6.45, 7) is 7.78. The van der Waals surface area contributed by atoms with Gasteiger partial charge in [-0.1, -0.05) is 13.0 Å². The molecule has 3 rings (SSSR count). The summed E-state index contributed by atoms with van der Waals surface area (Å²) in [5.41, 5.74) is 0. The Kier molecular flexibility index (Phi) is 7.49. The second-order valence-corrected chi connectivity index (χ2v) is 7.94. The van der Waals surface area contributed by atoms with Crippen molar-refractivity contribution < 1.29 is 9.53 Å². The van der Waals surface area contributed by atoms with Crippen molar-refractivity contribution in [1.29, 1.82) is 0 Å². The van der Waals surface area contributed by atoms with E-state index in [0.717, 1.165) is 58.3 Å². The number of amides is 1. The predicted octanol–water partition coefficient (Wildman–Crippen LogP) is 1.30. The van der Waals surface area contributed by atoms with Gasteiger partial charge in [0, 0.05) is 57.1 Å². The first-order valence-electron chi connectivity index (χ1n) is 9.81. The number of ether oxygens (including phenoxy) is 1. The first-order valence-corrected chi connectivity index (χ1v) is 10.7. The maximum absolute atomic E-state index is 11.9. The number of hydrogen-bond acceptors (Lipinski definition) is 5. The van der Waals surface area contributed by atoms with Crippen molar-refractivity contribution in [2.45, 2.75) is 31.8 Å². The third-order valence-corrected chi connectivity index (χ3v) is 6.20. The molecular weight excluding hydrogens is 362 g/mol. The molecule has 2 atom stereocenters. The van der Waals surface area contributed by atoms with Crippen molar-refractivity contribution in [3.63, 3.8) is 0 Å². The molecule has 2 unspecified atom stereocenters. The Hall–Kier alpha value is -1.64. The van der Waals surface area contributed by atoms with Crippen LogP contribution in [-0.4, -0.2) is 80.7 Å². The van der Waals surface area contributed by atoms with Crippen LogP contribution in [0.5, 0.6) is 0 Å². The number of morpholine rings is 1. The number of carbonyl (C=O) groups excluding carboxylic acids is 1. The van der Waals surface area contributed by atoms with Crippen molar-refractivity contribution in [3.8, 4) is 0 Å². The number of aliphatic imine (C=N–C) groups is 1. The van der Waals surface area contributed by atoms with Crippen LogP contribution in [0.3, 0.4) is 0 Å². The van der Waals surface area contributed by atoms with Gasteiger partial charge in [-0.15, -0.1) is 11.3 Å². The van der Waals surface area contributed by atoms with E-state index in [9.17, 15) is 4.79 Å². The minimum Gasteiger partial charge on any atom is -0.379 e. The first kappa shape index (κ1) is 20.1. The fourth-order valence-corrected chi connectivity index (χ4v) is 4.55.